The summed E-state index contributed by atoms with van der Waals surface area (Å²) in [5, 5.41) is 0. The lowest BCUT2D eigenvalue weighted by Crippen LogP contribution is -2.39. The van der Waals surface area contributed by atoms with Crippen molar-refractivity contribution in [3.63, 3.8) is 0 Å². The van der Waals surface area contributed by atoms with E-state index in [2.05, 4.69) is 37.5 Å². The molecule has 4 aliphatic heterocycles. The van der Waals surface area contributed by atoms with Crippen molar-refractivity contribution in [1.82, 2.24) is 9.80 Å². The molecule has 0 unspecified atom stereocenters. The molecule has 0 N–H and O–H groups in total. The van der Waals surface area contributed by atoms with Gasteiger partial charge in [-0.3, -0.25) is 9.80 Å². The van der Waals surface area contributed by atoms with Crippen LogP contribution in [0.2, 0.25) is 0 Å². The molecule has 2 nitrogen and oxygen atoms in total. The topological polar surface area (TPSA) is 6.48 Å². The zero-order chi connectivity index (χ0) is 21.2. The van der Waals surface area contributed by atoms with Gasteiger partial charge in [0.05, 0.1) is 6.33 Å². The second-order valence-corrected chi connectivity index (χ2v) is 10.7. The number of fused-ring (bicyclic) bond motifs is 2. The average Bonchev–Trinajstić information content (AvgIpc) is 3.31. The minimum atomic E-state index is -1.44. The molecule has 0 aromatic rings. The summed E-state index contributed by atoms with van der Waals surface area (Å²) in [4.78, 5) is 4.78. The molecule has 0 aromatic heterocycles. The molecule has 4 fully saturated rings. The number of hydrogen-bond donors (Lipinski definition) is 0. The lowest BCUT2D eigenvalue weighted by atomic mass is 9.84. The van der Waals surface area contributed by atoms with E-state index in [1.807, 2.05) is 0 Å². The van der Waals surface area contributed by atoms with Crippen LogP contribution in [0.4, 0.5) is 13.2 Å². The first-order valence-corrected chi connectivity index (χ1v) is 11.5. The third-order valence-corrected chi connectivity index (χ3v) is 7.35. The molecular formula is C24H39F3N2. The van der Waals surface area contributed by atoms with Crippen LogP contribution in [0, 0.1) is 11.8 Å². The molecule has 29 heavy (non-hydrogen) atoms. The molecule has 4 saturated heterocycles. The lowest BCUT2D eigenvalue weighted by Gasteiger charge is -2.33. The highest BCUT2D eigenvalue weighted by molar-refractivity contribution is 5.21. The van der Waals surface area contributed by atoms with Gasteiger partial charge in [0.2, 0.25) is 0 Å². The zero-order valence-corrected chi connectivity index (χ0v) is 18.7. The molecule has 4 rings (SSSR count). The summed E-state index contributed by atoms with van der Waals surface area (Å²) in [6.45, 7) is 12.5. The summed E-state index contributed by atoms with van der Waals surface area (Å²) < 4.78 is 37.7. The molecular weight excluding hydrogens is 373 g/mol. The maximum absolute atomic E-state index is 12.6. The van der Waals surface area contributed by atoms with Crippen molar-refractivity contribution in [3.05, 3.63) is 23.6 Å². The standard InChI is InChI=1S/C12H19F2N.C12H20FN/c1-9(2)6-12-4-3-5-15(12)8-10(7-12)11(13)14;1-10(2)6-12-4-3-5-14(12)9-11(7-12)8-13/h9H,3-8H2,1-2H3;8,10H,3-7,9H2,1-2H3/b;11-8+/t2*12-/m11/s1. The van der Waals surface area contributed by atoms with Gasteiger partial charge in [0.15, 0.2) is 0 Å². The van der Waals surface area contributed by atoms with E-state index in [-0.39, 0.29) is 5.54 Å². The van der Waals surface area contributed by atoms with E-state index in [9.17, 15) is 13.2 Å². The quantitative estimate of drug-likeness (QED) is 0.517. The van der Waals surface area contributed by atoms with Gasteiger partial charge in [0, 0.05) is 29.7 Å². The largest absolute Gasteiger partial charge is 0.293 e. The van der Waals surface area contributed by atoms with Crippen LogP contribution in [-0.4, -0.2) is 47.1 Å². The second-order valence-electron chi connectivity index (χ2n) is 10.7. The van der Waals surface area contributed by atoms with Gasteiger partial charge in [-0.05, 0) is 81.9 Å². The number of halogens is 3. The Morgan fingerprint density at radius 2 is 1.41 bits per heavy atom. The fraction of sp³-hybridized carbons (Fsp3) is 0.833. The van der Waals surface area contributed by atoms with Gasteiger partial charge in [-0.25, -0.2) is 4.39 Å². The predicted octanol–water partition coefficient (Wildman–Crippen LogP) is 6.55. The summed E-state index contributed by atoms with van der Waals surface area (Å²) in [6, 6.07) is 0. The molecule has 0 aromatic carbocycles. The molecule has 4 aliphatic rings. The molecule has 0 saturated carbocycles. The zero-order valence-electron chi connectivity index (χ0n) is 18.7. The van der Waals surface area contributed by atoms with Gasteiger partial charge in [-0.2, -0.15) is 8.78 Å². The third-order valence-electron chi connectivity index (χ3n) is 7.35. The Labute approximate surface area is 175 Å². The van der Waals surface area contributed by atoms with Gasteiger partial charge < -0.3 is 0 Å². The van der Waals surface area contributed by atoms with Crippen LogP contribution in [-0.2, 0) is 0 Å². The first-order chi connectivity index (χ1) is 13.7. The molecule has 0 aliphatic carbocycles. The van der Waals surface area contributed by atoms with Crippen molar-refractivity contribution in [2.45, 2.75) is 90.1 Å². The molecule has 4 heterocycles. The maximum Gasteiger partial charge on any atom is 0.270 e. The minimum Gasteiger partial charge on any atom is -0.293 e. The molecule has 2 atom stereocenters. The Morgan fingerprint density at radius 1 is 0.897 bits per heavy atom. The van der Waals surface area contributed by atoms with E-state index in [0.717, 1.165) is 50.2 Å². The van der Waals surface area contributed by atoms with Crippen molar-refractivity contribution in [2.24, 2.45) is 11.8 Å². The fourth-order valence-electron chi connectivity index (χ4n) is 6.62. The first kappa shape index (κ1) is 22.9. The van der Waals surface area contributed by atoms with Crippen molar-refractivity contribution in [2.75, 3.05) is 26.2 Å². The van der Waals surface area contributed by atoms with Gasteiger partial charge in [-0.15, -0.1) is 0 Å². The minimum absolute atomic E-state index is 0.0763. The number of rotatable bonds is 4. The molecule has 0 spiro atoms. The van der Waals surface area contributed by atoms with Crippen LogP contribution in [0.5, 0.6) is 0 Å². The first-order valence-electron chi connectivity index (χ1n) is 11.5. The van der Waals surface area contributed by atoms with Crippen molar-refractivity contribution in [3.8, 4) is 0 Å². The van der Waals surface area contributed by atoms with E-state index in [0.29, 0.717) is 30.0 Å². The molecule has 0 amide bonds. The predicted molar refractivity (Wildman–Crippen MR) is 114 cm³/mol. The van der Waals surface area contributed by atoms with E-state index < -0.39 is 6.08 Å². The second kappa shape index (κ2) is 9.13. The summed E-state index contributed by atoms with van der Waals surface area (Å²) in [7, 11) is 0. The van der Waals surface area contributed by atoms with Crippen LogP contribution in [0.1, 0.15) is 79.1 Å². The van der Waals surface area contributed by atoms with Crippen LogP contribution < -0.4 is 0 Å². The van der Waals surface area contributed by atoms with E-state index in [4.69, 9.17) is 0 Å². The molecule has 5 heteroatoms. The smallest absolute Gasteiger partial charge is 0.270 e. The molecule has 0 bridgehead atoms. The fourth-order valence-corrected chi connectivity index (χ4v) is 6.62. The summed E-state index contributed by atoms with van der Waals surface area (Å²) in [5.74, 6) is 1.31. The van der Waals surface area contributed by atoms with Gasteiger partial charge in [0.1, 0.15) is 0 Å². The molecule has 166 valence electrons. The van der Waals surface area contributed by atoms with Crippen molar-refractivity contribution in [1.29, 1.82) is 0 Å². The lowest BCUT2D eigenvalue weighted by molar-refractivity contribution is 0.163. The van der Waals surface area contributed by atoms with Gasteiger partial charge in [-0.1, -0.05) is 27.7 Å². The Hall–Kier alpha value is -0.810. The van der Waals surface area contributed by atoms with Crippen LogP contribution in [0.25, 0.3) is 0 Å². The van der Waals surface area contributed by atoms with Crippen LogP contribution >= 0.6 is 0 Å². The normalized spacial score (nSPS) is 33.6. The van der Waals surface area contributed by atoms with E-state index in [1.165, 1.54) is 32.2 Å². The Morgan fingerprint density at radius 3 is 1.90 bits per heavy atom. The maximum atomic E-state index is 12.6. The summed E-state index contributed by atoms with van der Waals surface area (Å²) in [5.41, 5.74) is 1.79. The van der Waals surface area contributed by atoms with Crippen molar-refractivity contribution >= 4 is 0 Å². The SMILES string of the molecule is CC(C)C[C@@]12CCCN1C/C(=C/F)C2.CC(C)C[C@@]12CCCN1CC(=C(F)F)C2. The highest BCUT2D eigenvalue weighted by Gasteiger charge is 2.47. The highest BCUT2D eigenvalue weighted by Crippen LogP contribution is 2.46. The average molecular weight is 413 g/mol. The van der Waals surface area contributed by atoms with Gasteiger partial charge >= 0.3 is 0 Å². The third kappa shape index (κ3) is 4.92. The summed E-state index contributed by atoms with van der Waals surface area (Å²) in [6.07, 6.45) is 8.10. The van der Waals surface area contributed by atoms with Gasteiger partial charge in [0.25, 0.3) is 6.08 Å². The van der Waals surface area contributed by atoms with E-state index in [1.54, 1.807) is 0 Å². The monoisotopic (exact) mass is 412 g/mol. The Kier molecular flexibility index (Phi) is 7.20. The van der Waals surface area contributed by atoms with E-state index >= 15 is 0 Å². The van der Waals surface area contributed by atoms with Crippen LogP contribution in [0.3, 0.4) is 0 Å². The van der Waals surface area contributed by atoms with Crippen LogP contribution in [0.15, 0.2) is 23.6 Å². The molecule has 0 radical (unpaired) electrons. The Bertz CT molecular complexity index is 638. The number of nitrogens with zero attached hydrogens (tertiary/aromatic N) is 2. The Balaban J connectivity index is 0.000000166. The highest BCUT2D eigenvalue weighted by atomic mass is 19.3. The van der Waals surface area contributed by atoms with Crippen molar-refractivity contribution < 1.29 is 13.2 Å². The summed E-state index contributed by atoms with van der Waals surface area (Å²) >= 11 is 0. The number of hydrogen-bond acceptors (Lipinski definition) is 2.